The van der Waals surface area contributed by atoms with Gasteiger partial charge in [-0.05, 0) is 42.8 Å². The number of nitrogens with one attached hydrogen (secondary N) is 3. The molecule has 0 saturated heterocycles. The molecule has 0 aliphatic carbocycles. The third kappa shape index (κ3) is 5.71. The Morgan fingerprint density at radius 3 is 2.64 bits per heavy atom. The standard InChI is InChI=1S/C23H21F2N5O2S/c1-15(19-7-3-2-5-16(19)6-4-10-26)29-21-12-20(25)22(11-17(21)13-27)33(31,32)30-23-9-8-18(24)14-28-23/h2-3,5,7-9,11-15,27,29H,10,26H2,1H3,(H,28,30). The number of benzene rings is 2. The average Bonchev–Trinajstić information content (AvgIpc) is 2.79. The summed E-state index contributed by atoms with van der Waals surface area (Å²) in [5.74, 6) is 3.94. The maximum Gasteiger partial charge on any atom is 0.265 e. The first-order valence-electron chi connectivity index (χ1n) is 9.78. The molecule has 0 bridgehead atoms. The monoisotopic (exact) mass is 469 g/mol. The molecule has 10 heteroatoms. The smallest absolute Gasteiger partial charge is 0.265 e. The Hall–Kier alpha value is -3.81. The number of halogens is 2. The molecular weight excluding hydrogens is 448 g/mol. The van der Waals surface area contributed by atoms with Gasteiger partial charge in [0.15, 0.2) is 0 Å². The zero-order valence-corrected chi connectivity index (χ0v) is 18.4. The number of nitrogens with zero attached hydrogens (tertiary/aromatic N) is 1. The minimum absolute atomic E-state index is 0.154. The highest BCUT2D eigenvalue weighted by Gasteiger charge is 2.23. The second kappa shape index (κ2) is 10.2. The van der Waals surface area contributed by atoms with Crippen LogP contribution in [0.5, 0.6) is 0 Å². The van der Waals surface area contributed by atoms with E-state index in [0.29, 0.717) is 0 Å². The van der Waals surface area contributed by atoms with Crippen molar-refractivity contribution >= 4 is 27.7 Å². The van der Waals surface area contributed by atoms with Gasteiger partial charge in [0, 0.05) is 29.1 Å². The Morgan fingerprint density at radius 2 is 1.97 bits per heavy atom. The number of aromatic nitrogens is 1. The molecule has 1 unspecified atom stereocenters. The fourth-order valence-electron chi connectivity index (χ4n) is 3.09. The van der Waals surface area contributed by atoms with Crippen LogP contribution in [-0.4, -0.2) is 26.2 Å². The van der Waals surface area contributed by atoms with E-state index in [2.05, 4.69) is 26.9 Å². The average molecular weight is 470 g/mol. The number of pyridine rings is 1. The van der Waals surface area contributed by atoms with Gasteiger partial charge in [0.25, 0.3) is 10.0 Å². The molecule has 1 aromatic heterocycles. The van der Waals surface area contributed by atoms with E-state index in [0.717, 1.165) is 47.8 Å². The highest BCUT2D eigenvalue weighted by atomic mass is 32.2. The summed E-state index contributed by atoms with van der Waals surface area (Å²) in [5, 5.41) is 10.8. The van der Waals surface area contributed by atoms with E-state index in [1.807, 2.05) is 31.2 Å². The number of hydrogen-bond acceptors (Lipinski definition) is 6. The predicted molar refractivity (Wildman–Crippen MR) is 124 cm³/mol. The maximum absolute atomic E-state index is 14.9. The van der Waals surface area contributed by atoms with Gasteiger partial charge in [-0.25, -0.2) is 22.2 Å². The Morgan fingerprint density at radius 1 is 1.21 bits per heavy atom. The molecule has 1 heterocycles. The summed E-state index contributed by atoms with van der Waals surface area (Å²) in [5.41, 5.74) is 7.41. The van der Waals surface area contributed by atoms with Crippen LogP contribution in [0.25, 0.3) is 0 Å². The Labute approximate surface area is 190 Å². The van der Waals surface area contributed by atoms with Gasteiger partial charge in [-0.2, -0.15) is 0 Å². The maximum atomic E-state index is 14.9. The number of anilines is 2. The molecule has 0 aliphatic heterocycles. The van der Waals surface area contributed by atoms with E-state index in [-0.39, 0.29) is 29.7 Å². The normalized spacial score (nSPS) is 11.8. The van der Waals surface area contributed by atoms with E-state index >= 15 is 0 Å². The molecule has 0 spiro atoms. The molecule has 33 heavy (non-hydrogen) atoms. The number of rotatable bonds is 7. The lowest BCUT2D eigenvalue weighted by atomic mass is 10.0. The van der Waals surface area contributed by atoms with Crippen LogP contribution in [-0.2, 0) is 10.0 Å². The van der Waals surface area contributed by atoms with Crippen LogP contribution < -0.4 is 15.8 Å². The second-order valence-corrected chi connectivity index (χ2v) is 8.59. The molecule has 0 radical (unpaired) electrons. The first-order valence-corrected chi connectivity index (χ1v) is 11.3. The van der Waals surface area contributed by atoms with Crippen molar-refractivity contribution in [1.82, 2.24) is 4.98 Å². The van der Waals surface area contributed by atoms with Gasteiger partial charge in [-0.3, -0.25) is 4.72 Å². The van der Waals surface area contributed by atoms with Crippen LogP contribution in [0.3, 0.4) is 0 Å². The van der Waals surface area contributed by atoms with Crippen molar-refractivity contribution < 1.29 is 17.2 Å². The summed E-state index contributed by atoms with van der Waals surface area (Å²) in [6.07, 6.45) is 1.76. The van der Waals surface area contributed by atoms with Crippen LogP contribution >= 0.6 is 0 Å². The molecule has 1 atom stereocenters. The fraction of sp³-hybridized carbons (Fsp3) is 0.130. The summed E-state index contributed by atoms with van der Waals surface area (Å²) in [7, 11) is -4.37. The van der Waals surface area contributed by atoms with Crippen LogP contribution in [0.4, 0.5) is 20.3 Å². The van der Waals surface area contributed by atoms with Crippen LogP contribution in [0.15, 0.2) is 59.6 Å². The predicted octanol–water partition coefficient (Wildman–Crippen LogP) is 3.64. The van der Waals surface area contributed by atoms with Crippen molar-refractivity contribution in [2.75, 3.05) is 16.6 Å². The third-order valence-corrected chi connectivity index (χ3v) is 6.01. The Balaban J connectivity index is 1.92. The fourth-order valence-corrected chi connectivity index (χ4v) is 4.20. The van der Waals surface area contributed by atoms with Gasteiger partial charge in [0.2, 0.25) is 0 Å². The summed E-state index contributed by atoms with van der Waals surface area (Å²) >= 11 is 0. The molecule has 5 N–H and O–H groups in total. The summed E-state index contributed by atoms with van der Waals surface area (Å²) < 4.78 is 55.3. The topological polar surface area (TPSA) is 121 Å². The van der Waals surface area contributed by atoms with Gasteiger partial charge in [0.05, 0.1) is 12.7 Å². The molecule has 3 rings (SSSR count). The lowest BCUT2D eigenvalue weighted by Gasteiger charge is -2.20. The molecule has 0 fully saturated rings. The molecule has 2 aromatic carbocycles. The van der Waals surface area contributed by atoms with Crippen molar-refractivity contribution in [3.8, 4) is 11.8 Å². The highest BCUT2D eigenvalue weighted by Crippen LogP contribution is 2.28. The van der Waals surface area contributed by atoms with Gasteiger partial charge in [-0.1, -0.05) is 30.0 Å². The minimum atomic E-state index is -4.37. The molecule has 170 valence electrons. The lowest BCUT2D eigenvalue weighted by Crippen LogP contribution is -2.17. The van der Waals surface area contributed by atoms with E-state index in [1.165, 1.54) is 0 Å². The van der Waals surface area contributed by atoms with Crippen molar-refractivity contribution in [1.29, 1.82) is 5.41 Å². The van der Waals surface area contributed by atoms with E-state index in [9.17, 15) is 17.2 Å². The number of hydrogen-bond donors (Lipinski definition) is 4. The quantitative estimate of drug-likeness (QED) is 0.311. The van der Waals surface area contributed by atoms with Gasteiger partial charge < -0.3 is 16.5 Å². The molecular formula is C23H21F2N5O2S. The molecule has 7 nitrogen and oxygen atoms in total. The van der Waals surface area contributed by atoms with Gasteiger partial charge >= 0.3 is 0 Å². The zero-order valence-electron chi connectivity index (χ0n) is 17.6. The van der Waals surface area contributed by atoms with E-state index < -0.39 is 26.6 Å². The van der Waals surface area contributed by atoms with Gasteiger partial charge in [-0.15, -0.1) is 0 Å². The summed E-state index contributed by atoms with van der Waals surface area (Å²) in [6.45, 7) is 2.04. The van der Waals surface area contributed by atoms with Crippen LogP contribution in [0, 0.1) is 28.9 Å². The largest absolute Gasteiger partial charge is 0.378 e. The molecule has 0 amide bonds. The van der Waals surface area contributed by atoms with Gasteiger partial charge in [0.1, 0.15) is 22.3 Å². The molecule has 0 saturated carbocycles. The minimum Gasteiger partial charge on any atom is -0.378 e. The number of nitrogens with two attached hydrogens (primary N) is 1. The van der Waals surface area contributed by atoms with Crippen molar-refractivity contribution in [2.45, 2.75) is 17.9 Å². The van der Waals surface area contributed by atoms with E-state index in [4.69, 9.17) is 11.1 Å². The van der Waals surface area contributed by atoms with Crippen molar-refractivity contribution in [3.63, 3.8) is 0 Å². The Kier molecular flexibility index (Phi) is 7.37. The Bertz CT molecular complexity index is 1330. The highest BCUT2D eigenvalue weighted by molar-refractivity contribution is 7.92. The summed E-state index contributed by atoms with van der Waals surface area (Å²) in [6, 6.07) is 11.2. The zero-order chi connectivity index (χ0) is 24.0. The van der Waals surface area contributed by atoms with Crippen LogP contribution in [0.1, 0.15) is 29.7 Å². The summed E-state index contributed by atoms with van der Waals surface area (Å²) in [4.78, 5) is 2.95. The first-order chi connectivity index (χ1) is 15.7. The third-order valence-electron chi connectivity index (χ3n) is 4.64. The van der Waals surface area contributed by atoms with Crippen molar-refractivity contribution in [2.24, 2.45) is 5.73 Å². The van der Waals surface area contributed by atoms with Crippen LogP contribution in [0.2, 0.25) is 0 Å². The molecule has 0 aliphatic rings. The lowest BCUT2D eigenvalue weighted by molar-refractivity contribution is 0.570. The second-order valence-electron chi connectivity index (χ2n) is 6.94. The molecule has 3 aromatic rings. The van der Waals surface area contributed by atoms with E-state index in [1.54, 1.807) is 0 Å². The first kappa shape index (κ1) is 23.8. The number of sulfonamides is 1. The SMILES string of the molecule is CC(Nc1cc(F)c(S(=O)(=O)Nc2ccc(F)cn2)cc1C=N)c1ccccc1C#CCN. The van der Waals surface area contributed by atoms with Crippen molar-refractivity contribution in [3.05, 3.63) is 83.1 Å².